The molecular weight excluding hydrogens is 232 g/mol. The van der Waals surface area contributed by atoms with Crippen LogP contribution in [0.1, 0.15) is 41.9 Å². The van der Waals surface area contributed by atoms with E-state index in [1.54, 1.807) is 11.5 Å². The Morgan fingerprint density at radius 2 is 2.22 bits per heavy atom. The van der Waals surface area contributed by atoms with E-state index in [-0.39, 0.29) is 5.69 Å². The SMILES string of the molecule is Cc1ncc(C(=O)O)n1Cc1ccn(C(C)C)n1. The van der Waals surface area contributed by atoms with Gasteiger partial charge in [0.15, 0.2) is 0 Å². The van der Waals surface area contributed by atoms with Crippen molar-refractivity contribution in [3.8, 4) is 0 Å². The van der Waals surface area contributed by atoms with E-state index in [4.69, 9.17) is 5.11 Å². The highest BCUT2D eigenvalue weighted by Gasteiger charge is 2.14. The van der Waals surface area contributed by atoms with Crippen LogP contribution in [0.15, 0.2) is 18.5 Å². The minimum absolute atomic E-state index is 0.187. The number of aromatic carboxylic acids is 1. The number of carboxylic acid groups (broad SMARTS) is 1. The fourth-order valence-electron chi connectivity index (χ4n) is 1.75. The van der Waals surface area contributed by atoms with Crippen molar-refractivity contribution in [2.45, 2.75) is 33.4 Å². The quantitative estimate of drug-likeness (QED) is 0.894. The Kier molecular flexibility index (Phi) is 3.18. The predicted molar refractivity (Wildman–Crippen MR) is 65.6 cm³/mol. The zero-order chi connectivity index (χ0) is 13.3. The molecule has 0 aliphatic rings. The first kappa shape index (κ1) is 12.3. The van der Waals surface area contributed by atoms with Crippen molar-refractivity contribution in [1.82, 2.24) is 19.3 Å². The maximum Gasteiger partial charge on any atom is 0.354 e. The summed E-state index contributed by atoms with van der Waals surface area (Å²) in [5.41, 5.74) is 1.01. The van der Waals surface area contributed by atoms with E-state index in [1.165, 1.54) is 6.20 Å². The van der Waals surface area contributed by atoms with Crippen LogP contribution < -0.4 is 0 Å². The lowest BCUT2D eigenvalue weighted by atomic mass is 10.4. The molecule has 0 radical (unpaired) electrons. The molecule has 96 valence electrons. The number of hydrogen-bond acceptors (Lipinski definition) is 3. The van der Waals surface area contributed by atoms with Crippen molar-refractivity contribution < 1.29 is 9.90 Å². The summed E-state index contributed by atoms with van der Waals surface area (Å²) in [6.45, 7) is 6.29. The van der Waals surface area contributed by atoms with Crippen molar-refractivity contribution in [2.24, 2.45) is 0 Å². The highest BCUT2D eigenvalue weighted by Crippen LogP contribution is 2.10. The van der Waals surface area contributed by atoms with Gasteiger partial charge in [-0.05, 0) is 26.8 Å². The van der Waals surface area contributed by atoms with Crippen LogP contribution in [0, 0.1) is 6.92 Å². The summed E-state index contributed by atoms with van der Waals surface area (Å²) in [5.74, 6) is -0.301. The van der Waals surface area contributed by atoms with Gasteiger partial charge in [-0.3, -0.25) is 4.68 Å². The minimum Gasteiger partial charge on any atom is -0.477 e. The molecule has 0 spiro atoms. The van der Waals surface area contributed by atoms with Gasteiger partial charge in [-0.25, -0.2) is 9.78 Å². The Labute approximate surface area is 105 Å². The Balaban J connectivity index is 2.28. The summed E-state index contributed by atoms with van der Waals surface area (Å²) in [5, 5.41) is 13.5. The lowest BCUT2D eigenvalue weighted by molar-refractivity contribution is 0.0685. The number of aromatic nitrogens is 4. The third-order valence-corrected chi connectivity index (χ3v) is 2.79. The molecule has 0 saturated carbocycles. The molecule has 1 N–H and O–H groups in total. The normalized spacial score (nSPS) is 11.1. The average molecular weight is 248 g/mol. The standard InChI is InChI=1S/C12H16N4O2/c1-8(2)16-5-4-10(14-16)7-15-9(3)13-6-11(15)12(17)18/h4-6,8H,7H2,1-3H3,(H,17,18). The summed E-state index contributed by atoms with van der Waals surface area (Å²) < 4.78 is 3.50. The second-order valence-corrected chi connectivity index (χ2v) is 4.46. The number of rotatable bonds is 4. The van der Waals surface area contributed by atoms with Crippen molar-refractivity contribution in [1.29, 1.82) is 0 Å². The van der Waals surface area contributed by atoms with Gasteiger partial charge in [-0.1, -0.05) is 0 Å². The second kappa shape index (κ2) is 4.64. The van der Waals surface area contributed by atoms with E-state index in [2.05, 4.69) is 10.1 Å². The summed E-state index contributed by atoms with van der Waals surface area (Å²) >= 11 is 0. The molecule has 0 bridgehead atoms. The Bertz CT molecular complexity index is 568. The highest BCUT2D eigenvalue weighted by molar-refractivity contribution is 5.85. The molecule has 2 heterocycles. The maximum atomic E-state index is 11.1. The number of aryl methyl sites for hydroxylation is 1. The molecule has 6 heteroatoms. The molecule has 0 amide bonds. The molecule has 0 aromatic carbocycles. The van der Waals surface area contributed by atoms with E-state index < -0.39 is 5.97 Å². The summed E-state index contributed by atoms with van der Waals surface area (Å²) in [4.78, 5) is 15.1. The topological polar surface area (TPSA) is 72.9 Å². The van der Waals surface area contributed by atoms with E-state index in [0.29, 0.717) is 18.4 Å². The van der Waals surface area contributed by atoms with Gasteiger partial charge in [0.25, 0.3) is 0 Å². The van der Waals surface area contributed by atoms with Crippen LogP contribution in [0.5, 0.6) is 0 Å². The molecule has 2 aromatic rings. The average Bonchev–Trinajstić information content (AvgIpc) is 2.88. The molecule has 0 atom stereocenters. The fourth-order valence-corrected chi connectivity index (χ4v) is 1.75. The monoisotopic (exact) mass is 248 g/mol. The molecule has 0 unspecified atom stereocenters. The highest BCUT2D eigenvalue weighted by atomic mass is 16.4. The molecule has 0 fully saturated rings. The molecule has 0 saturated heterocycles. The van der Waals surface area contributed by atoms with Gasteiger partial charge < -0.3 is 9.67 Å². The first-order valence-corrected chi connectivity index (χ1v) is 5.78. The van der Waals surface area contributed by atoms with Crippen LogP contribution in [-0.2, 0) is 6.54 Å². The van der Waals surface area contributed by atoms with Gasteiger partial charge in [0.05, 0.1) is 18.4 Å². The first-order valence-electron chi connectivity index (χ1n) is 5.78. The minimum atomic E-state index is -0.973. The Morgan fingerprint density at radius 1 is 1.50 bits per heavy atom. The fraction of sp³-hybridized carbons (Fsp3) is 0.417. The van der Waals surface area contributed by atoms with Gasteiger partial charge in [-0.2, -0.15) is 5.10 Å². The van der Waals surface area contributed by atoms with Crippen LogP contribution in [0.25, 0.3) is 0 Å². The zero-order valence-electron chi connectivity index (χ0n) is 10.7. The van der Waals surface area contributed by atoms with E-state index in [1.807, 2.05) is 30.8 Å². The number of nitrogens with zero attached hydrogens (tertiary/aromatic N) is 4. The van der Waals surface area contributed by atoms with Crippen LogP contribution in [0.3, 0.4) is 0 Å². The van der Waals surface area contributed by atoms with Crippen LogP contribution in [-0.4, -0.2) is 30.4 Å². The number of carboxylic acids is 1. The van der Waals surface area contributed by atoms with E-state index in [9.17, 15) is 4.79 Å². The van der Waals surface area contributed by atoms with Gasteiger partial charge in [0, 0.05) is 12.2 Å². The molecule has 6 nitrogen and oxygen atoms in total. The zero-order valence-corrected chi connectivity index (χ0v) is 10.7. The third kappa shape index (κ3) is 2.27. The summed E-state index contributed by atoms with van der Waals surface area (Å²) in [6.07, 6.45) is 3.27. The second-order valence-electron chi connectivity index (χ2n) is 4.46. The van der Waals surface area contributed by atoms with Gasteiger partial charge in [-0.15, -0.1) is 0 Å². The predicted octanol–water partition coefficient (Wildman–Crippen LogP) is 1.72. The Morgan fingerprint density at radius 3 is 2.78 bits per heavy atom. The summed E-state index contributed by atoms with van der Waals surface area (Å²) in [7, 11) is 0. The molecular formula is C12H16N4O2. The van der Waals surface area contributed by atoms with Gasteiger partial charge in [0.2, 0.25) is 0 Å². The van der Waals surface area contributed by atoms with E-state index in [0.717, 1.165) is 5.69 Å². The smallest absolute Gasteiger partial charge is 0.354 e. The molecule has 2 rings (SSSR count). The van der Waals surface area contributed by atoms with E-state index >= 15 is 0 Å². The number of imidazole rings is 1. The summed E-state index contributed by atoms with van der Waals surface area (Å²) in [6, 6.07) is 2.19. The van der Waals surface area contributed by atoms with Gasteiger partial charge >= 0.3 is 5.97 Å². The van der Waals surface area contributed by atoms with Crippen molar-refractivity contribution in [2.75, 3.05) is 0 Å². The number of carbonyl (C=O) groups is 1. The lowest BCUT2D eigenvalue weighted by Crippen LogP contribution is -2.12. The number of hydrogen-bond donors (Lipinski definition) is 1. The van der Waals surface area contributed by atoms with Crippen molar-refractivity contribution >= 4 is 5.97 Å². The van der Waals surface area contributed by atoms with Gasteiger partial charge in [0.1, 0.15) is 11.5 Å². The molecule has 2 aromatic heterocycles. The molecule has 0 aliphatic carbocycles. The largest absolute Gasteiger partial charge is 0.477 e. The Hall–Kier alpha value is -2.11. The molecule has 0 aliphatic heterocycles. The van der Waals surface area contributed by atoms with Crippen LogP contribution in [0.2, 0.25) is 0 Å². The lowest BCUT2D eigenvalue weighted by Gasteiger charge is -2.06. The third-order valence-electron chi connectivity index (χ3n) is 2.79. The van der Waals surface area contributed by atoms with Crippen molar-refractivity contribution in [3.63, 3.8) is 0 Å². The first-order chi connectivity index (χ1) is 8.49. The van der Waals surface area contributed by atoms with Crippen LogP contribution >= 0.6 is 0 Å². The van der Waals surface area contributed by atoms with Crippen molar-refractivity contribution in [3.05, 3.63) is 35.7 Å². The maximum absolute atomic E-state index is 11.1. The molecule has 18 heavy (non-hydrogen) atoms. The van der Waals surface area contributed by atoms with Crippen LogP contribution in [0.4, 0.5) is 0 Å².